The Labute approximate surface area is 129 Å². The molecule has 1 heterocycles. The molecule has 2 amide bonds. The van der Waals surface area contributed by atoms with Crippen molar-refractivity contribution in [2.75, 3.05) is 6.54 Å². The molecule has 2 aromatic carbocycles. The Bertz CT molecular complexity index is 655. The van der Waals surface area contributed by atoms with Crippen molar-refractivity contribution in [3.63, 3.8) is 0 Å². The summed E-state index contributed by atoms with van der Waals surface area (Å²) in [5.74, 6) is -0.0397. The lowest BCUT2D eigenvalue weighted by atomic mass is 10.2. The summed E-state index contributed by atoms with van der Waals surface area (Å²) >= 11 is 0. The molecule has 0 spiro atoms. The van der Waals surface area contributed by atoms with Crippen molar-refractivity contribution in [3.05, 3.63) is 71.8 Å². The Balaban J connectivity index is 1.59. The summed E-state index contributed by atoms with van der Waals surface area (Å²) in [7, 11) is 0. The number of nitrogens with zero attached hydrogens (tertiary/aromatic N) is 1. The zero-order valence-corrected chi connectivity index (χ0v) is 12.2. The van der Waals surface area contributed by atoms with Crippen molar-refractivity contribution in [2.45, 2.75) is 19.0 Å². The molecule has 0 radical (unpaired) electrons. The smallest absolute Gasteiger partial charge is 0.251 e. The summed E-state index contributed by atoms with van der Waals surface area (Å²) in [6, 6.07) is 18.8. The second kappa shape index (κ2) is 6.43. The van der Waals surface area contributed by atoms with Crippen molar-refractivity contribution in [2.24, 2.45) is 0 Å². The summed E-state index contributed by atoms with van der Waals surface area (Å²) in [6.07, 6.45) is 0.366. The van der Waals surface area contributed by atoms with Gasteiger partial charge in [-0.05, 0) is 17.7 Å². The van der Waals surface area contributed by atoms with Crippen LogP contribution in [0.2, 0.25) is 0 Å². The van der Waals surface area contributed by atoms with Crippen molar-refractivity contribution in [1.29, 1.82) is 0 Å². The monoisotopic (exact) mass is 294 g/mol. The van der Waals surface area contributed by atoms with Crippen LogP contribution in [0.3, 0.4) is 0 Å². The van der Waals surface area contributed by atoms with Gasteiger partial charge in [-0.25, -0.2) is 0 Å². The van der Waals surface area contributed by atoms with Crippen molar-refractivity contribution in [3.8, 4) is 0 Å². The maximum Gasteiger partial charge on any atom is 0.251 e. The van der Waals surface area contributed by atoms with E-state index in [1.165, 1.54) is 0 Å². The largest absolute Gasteiger partial charge is 0.347 e. The van der Waals surface area contributed by atoms with Gasteiger partial charge in [-0.3, -0.25) is 9.59 Å². The molecule has 0 aromatic heterocycles. The standard InChI is InChI=1S/C18H18N2O2/c21-17-11-16(19-18(22)15-9-5-2-6-10-15)13-20(17)12-14-7-3-1-4-8-14/h1-10,16H,11-13H2,(H,19,22). The molecule has 112 valence electrons. The second-order valence-electron chi connectivity index (χ2n) is 5.50. The van der Waals surface area contributed by atoms with Gasteiger partial charge in [-0.2, -0.15) is 0 Å². The molecule has 1 aliphatic rings. The molecule has 0 aliphatic carbocycles. The van der Waals surface area contributed by atoms with Crippen LogP contribution in [0.5, 0.6) is 0 Å². The summed E-state index contributed by atoms with van der Waals surface area (Å²) < 4.78 is 0. The Morgan fingerprint density at radius 3 is 2.36 bits per heavy atom. The highest BCUT2D eigenvalue weighted by Crippen LogP contribution is 2.15. The zero-order chi connectivity index (χ0) is 15.4. The third-order valence-corrected chi connectivity index (χ3v) is 3.80. The fourth-order valence-electron chi connectivity index (χ4n) is 2.68. The molecular formula is C18H18N2O2. The quantitative estimate of drug-likeness (QED) is 0.940. The maximum atomic E-state index is 12.1. The third-order valence-electron chi connectivity index (χ3n) is 3.80. The minimum Gasteiger partial charge on any atom is -0.347 e. The normalized spacial score (nSPS) is 17.5. The van der Waals surface area contributed by atoms with Crippen LogP contribution in [-0.2, 0) is 11.3 Å². The molecule has 1 aliphatic heterocycles. The number of carbonyl (C=O) groups excluding carboxylic acids is 2. The molecule has 4 heteroatoms. The Kier molecular flexibility index (Phi) is 4.19. The van der Waals surface area contributed by atoms with Crippen molar-refractivity contribution < 1.29 is 9.59 Å². The van der Waals surface area contributed by atoms with Gasteiger partial charge in [-0.15, -0.1) is 0 Å². The highest BCUT2D eigenvalue weighted by Gasteiger charge is 2.30. The first-order valence-electron chi connectivity index (χ1n) is 7.40. The van der Waals surface area contributed by atoms with Crippen LogP contribution in [0.1, 0.15) is 22.3 Å². The fraction of sp³-hybridized carbons (Fsp3) is 0.222. The summed E-state index contributed by atoms with van der Waals surface area (Å²) in [4.78, 5) is 26.0. The molecule has 1 fully saturated rings. The lowest BCUT2D eigenvalue weighted by Crippen LogP contribution is -2.37. The minimum absolute atomic E-state index is 0.0854. The predicted molar refractivity (Wildman–Crippen MR) is 84.2 cm³/mol. The van der Waals surface area contributed by atoms with E-state index in [-0.39, 0.29) is 17.9 Å². The number of hydrogen-bond donors (Lipinski definition) is 1. The van der Waals surface area contributed by atoms with E-state index in [0.29, 0.717) is 25.1 Å². The highest BCUT2D eigenvalue weighted by atomic mass is 16.2. The van der Waals surface area contributed by atoms with Gasteiger partial charge in [0.25, 0.3) is 5.91 Å². The van der Waals surface area contributed by atoms with Gasteiger partial charge in [0.2, 0.25) is 5.91 Å². The molecular weight excluding hydrogens is 276 g/mol. The average Bonchev–Trinajstić information content (AvgIpc) is 2.88. The van der Waals surface area contributed by atoms with Crippen LogP contribution in [0, 0.1) is 0 Å². The van der Waals surface area contributed by atoms with Crippen molar-refractivity contribution >= 4 is 11.8 Å². The van der Waals surface area contributed by atoms with Crippen LogP contribution in [0.25, 0.3) is 0 Å². The highest BCUT2D eigenvalue weighted by molar-refractivity contribution is 5.95. The summed E-state index contributed by atoms with van der Waals surface area (Å²) in [5.41, 5.74) is 1.72. The maximum absolute atomic E-state index is 12.1. The minimum atomic E-state index is -0.125. The Morgan fingerprint density at radius 2 is 1.68 bits per heavy atom. The van der Waals surface area contributed by atoms with E-state index in [9.17, 15) is 9.59 Å². The number of hydrogen-bond acceptors (Lipinski definition) is 2. The molecule has 0 bridgehead atoms. The first-order chi connectivity index (χ1) is 10.7. The molecule has 4 nitrogen and oxygen atoms in total. The number of benzene rings is 2. The van der Waals surface area contributed by atoms with Gasteiger partial charge in [0, 0.05) is 25.1 Å². The molecule has 1 atom stereocenters. The van der Waals surface area contributed by atoms with E-state index < -0.39 is 0 Å². The van der Waals surface area contributed by atoms with Gasteiger partial charge >= 0.3 is 0 Å². The number of nitrogens with one attached hydrogen (secondary N) is 1. The number of likely N-dealkylation sites (tertiary alicyclic amines) is 1. The predicted octanol–water partition coefficient (Wildman–Crippen LogP) is 2.22. The van der Waals surface area contributed by atoms with Crippen LogP contribution in [-0.4, -0.2) is 29.3 Å². The Hall–Kier alpha value is -2.62. The van der Waals surface area contributed by atoms with Crippen LogP contribution in [0.15, 0.2) is 60.7 Å². The van der Waals surface area contributed by atoms with E-state index in [1.54, 1.807) is 17.0 Å². The number of rotatable bonds is 4. The van der Waals surface area contributed by atoms with Gasteiger partial charge < -0.3 is 10.2 Å². The molecule has 0 saturated carbocycles. The van der Waals surface area contributed by atoms with Crippen LogP contribution in [0.4, 0.5) is 0 Å². The zero-order valence-electron chi connectivity index (χ0n) is 12.2. The Morgan fingerprint density at radius 1 is 1.05 bits per heavy atom. The topological polar surface area (TPSA) is 49.4 Å². The fourth-order valence-corrected chi connectivity index (χ4v) is 2.68. The first kappa shape index (κ1) is 14.3. The third kappa shape index (κ3) is 3.34. The average molecular weight is 294 g/mol. The molecule has 3 rings (SSSR count). The van der Waals surface area contributed by atoms with E-state index >= 15 is 0 Å². The van der Waals surface area contributed by atoms with Crippen molar-refractivity contribution in [1.82, 2.24) is 10.2 Å². The van der Waals surface area contributed by atoms with Gasteiger partial charge in [-0.1, -0.05) is 48.5 Å². The van der Waals surface area contributed by atoms with Crippen LogP contribution < -0.4 is 5.32 Å². The SMILES string of the molecule is O=C(NC1CC(=O)N(Cc2ccccc2)C1)c1ccccc1. The second-order valence-corrected chi connectivity index (χ2v) is 5.50. The molecule has 1 saturated heterocycles. The molecule has 1 N–H and O–H groups in total. The van der Waals surface area contributed by atoms with E-state index in [4.69, 9.17) is 0 Å². The van der Waals surface area contributed by atoms with Gasteiger partial charge in [0.15, 0.2) is 0 Å². The van der Waals surface area contributed by atoms with E-state index in [0.717, 1.165) is 5.56 Å². The first-order valence-corrected chi connectivity index (χ1v) is 7.40. The van der Waals surface area contributed by atoms with Gasteiger partial charge in [0.1, 0.15) is 0 Å². The molecule has 22 heavy (non-hydrogen) atoms. The number of carbonyl (C=O) groups is 2. The van der Waals surface area contributed by atoms with E-state index in [1.807, 2.05) is 48.5 Å². The lowest BCUT2D eigenvalue weighted by Gasteiger charge is -2.17. The lowest BCUT2D eigenvalue weighted by molar-refractivity contribution is -0.128. The summed E-state index contributed by atoms with van der Waals surface area (Å²) in [6.45, 7) is 1.16. The van der Waals surface area contributed by atoms with E-state index in [2.05, 4.69) is 5.32 Å². The molecule has 2 aromatic rings. The van der Waals surface area contributed by atoms with Gasteiger partial charge in [0.05, 0.1) is 6.04 Å². The number of amides is 2. The summed E-state index contributed by atoms with van der Waals surface area (Å²) in [5, 5.41) is 2.94. The van der Waals surface area contributed by atoms with Crippen LogP contribution >= 0.6 is 0 Å². The molecule has 1 unspecified atom stereocenters.